The lowest BCUT2D eigenvalue weighted by Crippen LogP contribution is -2.45. The fourth-order valence-corrected chi connectivity index (χ4v) is 5.06. The maximum atomic E-state index is 12.4. The third-order valence-corrected chi connectivity index (χ3v) is 5.86. The fraction of sp³-hybridized carbons (Fsp3) is 0.733. The summed E-state index contributed by atoms with van der Waals surface area (Å²) in [5, 5.41) is 0. The summed E-state index contributed by atoms with van der Waals surface area (Å²) >= 11 is 0. The maximum Gasteiger partial charge on any atom is 0.334 e. The number of ketones is 1. The summed E-state index contributed by atoms with van der Waals surface area (Å²) in [7, 11) is 0. The molecule has 4 aliphatic rings. The first-order valence-corrected chi connectivity index (χ1v) is 7.03. The lowest BCUT2D eigenvalue weighted by molar-refractivity contribution is -0.144. The van der Waals surface area contributed by atoms with Gasteiger partial charge in [0.05, 0.1) is 23.5 Å². The summed E-state index contributed by atoms with van der Waals surface area (Å²) in [6, 6.07) is 0. The van der Waals surface area contributed by atoms with Gasteiger partial charge in [-0.25, -0.2) is 4.79 Å². The number of ether oxygens (including phenoxy) is 2. The van der Waals surface area contributed by atoms with Crippen molar-refractivity contribution < 1.29 is 19.1 Å². The van der Waals surface area contributed by atoms with Gasteiger partial charge in [-0.15, -0.1) is 0 Å². The largest absolute Gasteiger partial charge is 0.458 e. The minimum atomic E-state index is -0.458. The molecule has 7 unspecified atom stereocenters. The Morgan fingerprint density at radius 2 is 2.05 bits per heavy atom. The standard InChI is InChI=1S/C15H18O4/c1-6-4-8-11(7(2)14(17)19-8)13-15(3)10(16)5-9(18-13)12(6)15/h6,8-9,11-13H,2,4-5H2,1,3H3. The van der Waals surface area contributed by atoms with Crippen molar-refractivity contribution in [3.05, 3.63) is 12.2 Å². The van der Waals surface area contributed by atoms with Gasteiger partial charge in [0.15, 0.2) is 0 Å². The zero-order valence-corrected chi connectivity index (χ0v) is 11.2. The van der Waals surface area contributed by atoms with Crippen LogP contribution in [-0.4, -0.2) is 30.1 Å². The molecule has 4 fully saturated rings. The zero-order valence-electron chi connectivity index (χ0n) is 11.2. The number of hydrogen-bond donors (Lipinski definition) is 0. The molecule has 2 heterocycles. The van der Waals surface area contributed by atoms with Crippen LogP contribution in [0.25, 0.3) is 0 Å². The van der Waals surface area contributed by atoms with E-state index >= 15 is 0 Å². The van der Waals surface area contributed by atoms with Crippen molar-refractivity contribution in [3.63, 3.8) is 0 Å². The molecule has 19 heavy (non-hydrogen) atoms. The Labute approximate surface area is 112 Å². The van der Waals surface area contributed by atoms with Crippen molar-refractivity contribution in [3.8, 4) is 0 Å². The van der Waals surface area contributed by atoms with Gasteiger partial charge < -0.3 is 9.47 Å². The molecule has 7 atom stereocenters. The summed E-state index contributed by atoms with van der Waals surface area (Å²) < 4.78 is 11.6. The predicted octanol–water partition coefficient (Wildman–Crippen LogP) is 1.49. The summed E-state index contributed by atoms with van der Waals surface area (Å²) in [6.07, 6.45) is 0.996. The van der Waals surface area contributed by atoms with Crippen molar-refractivity contribution in [1.29, 1.82) is 0 Å². The quantitative estimate of drug-likeness (QED) is 0.490. The average molecular weight is 262 g/mol. The van der Waals surface area contributed by atoms with Crippen LogP contribution in [0.15, 0.2) is 12.2 Å². The van der Waals surface area contributed by atoms with E-state index in [4.69, 9.17) is 9.47 Å². The molecule has 2 saturated carbocycles. The van der Waals surface area contributed by atoms with Gasteiger partial charge in [0, 0.05) is 17.9 Å². The molecule has 0 N–H and O–H groups in total. The van der Waals surface area contributed by atoms with Crippen LogP contribution in [0.1, 0.15) is 26.7 Å². The van der Waals surface area contributed by atoms with Gasteiger partial charge in [-0.1, -0.05) is 13.5 Å². The van der Waals surface area contributed by atoms with Gasteiger partial charge in [0.1, 0.15) is 11.9 Å². The van der Waals surface area contributed by atoms with Gasteiger partial charge in [-0.3, -0.25) is 4.79 Å². The van der Waals surface area contributed by atoms with Crippen molar-refractivity contribution in [2.75, 3.05) is 0 Å². The van der Waals surface area contributed by atoms with E-state index in [2.05, 4.69) is 13.5 Å². The molecule has 0 amide bonds. The van der Waals surface area contributed by atoms with Gasteiger partial charge >= 0.3 is 5.97 Å². The predicted molar refractivity (Wildman–Crippen MR) is 66.2 cm³/mol. The Kier molecular flexibility index (Phi) is 2.02. The molecule has 2 saturated heterocycles. The number of esters is 1. The van der Waals surface area contributed by atoms with Gasteiger partial charge in [-0.2, -0.15) is 0 Å². The molecule has 4 bridgehead atoms. The third kappa shape index (κ3) is 1.15. The average Bonchev–Trinajstić information content (AvgIpc) is 2.81. The molecule has 2 aliphatic carbocycles. The van der Waals surface area contributed by atoms with Crippen LogP contribution in [0.4, 0.5) is 0 Å². The monoisotopic (exact) mass is 262 g/mol. The summed E-state index contributed by atoms with van der Waals surface area (Å²) in [5.41, 5.74) is 0.0323. The van der Waals surface area contributed by atoms with E-state index in [-0.39, 0.29) is 36.1 Å². The Bertz CT molecular complexity index is 510. The SMILES string of the molecule is C=C1C(=O)OC2CC(C)C3C4CC(=O)C3(C)C(O4)C12. The first kappa shape index (κ1) is 11.6. The number of hydrogen-bond acceptors (Lipinski definition) is 4. The molecule has 102 valence electrons. The van der Waals surface area contributed by atoms with Crippen LogP contribution in [0.5, 0.6) is 0 Å². The Hall–Kier alpha value is -1.16. The van der Waals surface area contributed by atoms with Crippen molar-refractivity contribution in [2.45, 2.75) is 45.0 Å². The number of Topliss-reactive ketones (excluding diaryl/α,β-unsaturated/α-hetero) is 1. The van der Waals surface area contributed by atoms with E-state index < -0.39 is 5.41 Å². The van der Waals surface area contributed by atoms with E-state index in [0.717, 1.165) is 6.42 Å². The number of carbonyl (C=O) groups is 2. The number of rotatable bonds is 0. The molecule has 0 spiro atoms. The second kappa shape index (κ2) is 3.29. The van der Waals surface area contributed by atoms with Gasteiger partial charge in [-0.05, 0) is 19.3 Å². The molecular weight excluding hydrogens is 244 g/mol. The first-order valence-electron chi connectivity index (χ1n) is 7.03. The number of fused-ring (bicyclic) bond motifs is 2. The molecule has 0 radical (unpaired) electrons. The highest BCUT2D eigenvalue weighted by Gasteiger charge is 2.70. The molecule has 4 heteroatoms. The second-order valence-electron chi connectivity index (χ2n) is 6.74. The maximum absolute atomic E-state index is 12.4. The molecular formula is C15H18O4. The van der Waals surface area contributed by atoms with Crippen LogP contribution in [-0.2, 0) is 19.1 Å². The Morgan fingerprint density at radius 3 is 2.79 bits per heavy atom. The minimum absolute atomic E-state index is 0.0296. The highest BCUT2D eigenvalue weighted by molar-refractivity contribution is 5.93. The molecule has 2 aliphatic heterocycles. The lowest BCUT2D eigenvalue weighted by Gasteiger charge is -2.34. The fourth-order valence-electron chi connectivity index (χ4n) is 5.06. The second-order valence-corrected chi connectivity index (χ2v) is 6.74. The number of carbonyl (C=O) groups excluding carboxylic acids is 2. The van der Waals surface area contributed by atoms with Crippen LogP contribution in [0.3, 0.4) is 0 Å². The van der Waals surface area contributed by atoms with Crippen molar-refractivity contribution in [1.82, 2.24) is 0 Å². The van der Waals surface area contributed by atoms with Gasteiger partial charge in [0.25, 0.3) is 0 Å². The van der Waals surface area contributed by atoms with E-state index in [0.29, 0.717) is 23.7 Å². The molecule has 0 aromatic heterocycles. The Morgan fingerprint density at radius 1 is 1.32 bits per heavy atom. The van der Waals surface area contributed by atoms with E-state index in [1.54, 1.807) is 0 Å². The first-order chi connectivity index (χ1) is 8.94. The Balaban J connectivity index is 1.85. The third-order valence-electron chi connectivity index (χ3n) is 5.86. The highest BCUT2D eigenvalue weighted by atomic mass is 16.6. The molecule has 4 rings (SSSR count). The minimum Gasteiger partial charge on any atom is -0.458 e. The highest BCUT2D eigenvalue weighted by Crippen LogP contribution is 2.62. The zero-order chi connectivity index (χ0) is 13.5. The van der Waals surface area contributed by atoms with E-state index in [9.17, 15) is 9.59 Å². The summed E-state index contributed by atoms with van der Waals surface area (Å²) in [5.74, 6) is 0.433. The normalized spacial score (nSPS) is 55.2. The van der Waals surface area contributed by atoms with Crippen LogP contribution in [0, 0.1) is 23.2 Å². The summed E-state index contributed by atoms with van der Waals surface area (Å²) in [6.45, 7) is 8.05. The van der Waals surface area contributed by atoms with Crippen LogP contribution >= 0.6 is 0 Å². The smallest absolute Gasteiger partial charge is 0.334 e. The topological polar surface area (TPSA) is 52.6 Å². The van der Waals surface area contributed by atoms with Crippen LogP contribution < -0.4 is 0 Å². The molecule has 0 aromatic carbocycles. The van der Waals surface area contributed by atoms with Crippen LogP contribution in [0.2, 0.25) is 0 Å². The van der Waals surface area contributed by atoms with Crippen molar-refractivity contribution in [2.24, 2.45) is 23.2 Å². The van der Waals surface area contributed by atoms with E-state index in [1.807, 2.05) is 6.92 Å². The lowest BCUT2D eigenvalue weighted by atomic mass is 9.69. The summed E-state index contributed by atoms with van der Waals surface area (Å²) in [4.78, 5) is 24.2. The molecule has 0 aromatic rings. The van der Waals surface area contributed by atoms with E-state index in [1.165, 1.54) is 0 Å². The van der Waals surface area contributed by atoms with Gasteiger partial charge in [0.2, 0.25) is 0 Å². The molecule has 4 nitrogen and oxygen atoms in total. The van der Waals surface area contributed by atoms with Crippen molar-refractivity contribution >= 4 is 11.8 Å².